The van der Waals surface area contributed by atoms with Gasteiger partial charge < -0.3 is 20.8 Å². The molecule has 0 radical (unpaired) electrons. The predicted octanol–water partition coefficient (Wildman–Crippen LogP) is 0.370. The summed E-state index contributed by atoms with van der Waals surface area (Å²) in [5, 5.41) is 24.3. The van der Waals surface area contributed by atoms with Crippen molar-refractivity contribution in [2.24, 2.45) is 0 Å². The smallest absolute Gasteiger partial charge is 0.224 e. The lowest BCUT2D eigenvalue weighted by Gasteiger charge is -2.12. The van der Waals surface area contributed by atoms with Crippen LogP contribution in [0.5, 0.6) is 0 Å². The van der Waals surface area contributed by atoms with Crippen LogP contribution in [0.4, 0.5) is 11.8 Å². The van der Waals surface area contributed by atoms with Crippen LogP contribution in [0.1, 0.15) is 19.4 Å². The molecule has 0 aliphatic rings. The average molecular weight is 240 g/mol. The molecule has 2 atom stereocenters. The molecule has 1 heterocycles. The fourth-order valence-corrected chi connectivity index (χ4v) is 1.19. The van der Waals surface area contributed by atoms with Crippen molar-refractivity contribution in [3.05, 3.63) is 11.8 Å². The van der Waals surface area contributed by atoms with Gasteiger partial charge in [-0.15, -0.1) is 0 Å². The summed E-state index contributed by atoms with van der Waals surface area (Å²) in [5.41, 5.74) is 0.910. The molecule has 0 aliphatic carbocycles. The highest BCUT2D eigenvalue weighted by Crippen LogP contribution is 2.12. The van der Waals surface area contributed by atoms with Gasteiger partial charge in [-0.25, -0.2) is 4.98 Å². The van der Waals surface area contributed by atoms with Gasteiger partial charge in [0.15, 0.2) is 0 Å². The fraction of sp³-hybridized carbons (Fsp3) is 0.636. The number of hydrogen-bond donors (Lipinski definition) is 4. The average Bonchev–Trinajstić information content (AvgIpc) is 2.26. The zero-order valence-corrected chi connectivity index (χ0v) is 10.4. The summed E-state index contributed by atoms with van der Waals surface area (Å²) in [5.74, 6) is 1.15. The number of nitrogens with zero attached hydrogens (tertiary/aromatic N) is 2. The molecule has 0 saturated heterocycles. The molecule has 0 aromatic carbocycles. The monoisotopic (exact) mass is 240 g/mol. The van der Waals surface area contributed by atoms with Crippen LogP contribution in [-0.2, 0) is 0 Å². The van der Waals surface area contributed by atoms with Crippen molar-refractivity contribution in [3.8, 4) is 0 Å². The Labute approximate surface area is 101 Å². The van der Waals surface area contributed by atoms with Crippen LogP contribution in [0, 0.1) is 6.92 Å². The molecule has 1 rings (SSSR count). The molecule has 2 unspecified atom stereocenters. The Morgan fingerprint density at radius 2 is 1.76 bits per heavy atom. The second-order valence-electron chi connectivity index (χ2n) is 4.19. The zero-order chi connectivity index (χ0) is 12.8. The lowest BCUT2D eigenvalue weighted by atomic mass is 10.3. The van der Waals surface area contributed by atoms with Crippen LogP contribution in [0.25, 0.3) is 0 Å². The normalized spacial score (nSPS) is 14.2. The first-order valence-corrected chi connectivity index (χ1v) is 5.66. The number of hydrogen-bond acceptors (Lipinski definition) is 6. The van der Waals surface area contributed by atoms with Crippen molar-refractivity contribution in [1.82, 2.24) is 9.97 Å². The summed E-state index contributed by atoms with van der Waals surface area (Å²) in [6, 6.07) is 0. The lowest BCUT2D eigenvalue weighted by Crippen LogP contribution is -2.19. The van der Waals surface area contributed by atoms with E-state index in [0.29, 0.717) is 24.9 Å². The van der Waals surface area contributed by atoms with Gasteiger partial charge in [-0.2, -0.15) is 4.98 Å². The van der Waals surface area contributed by atoms with Crippen molar-refractivity contribution in [2.75, 3.05) is 23.7 Å². The number of nitrogens with one attached hydrogen (secondary N) is 2. The molecule has 0 fully saturated rings. The number of aliphatic hydroxyl groups is 2. The van der Waals surface area contributed by atoms with Gasteiger partial charge in [0.05, 0.1) is 12.2 Å². The molecule has 6 heteroatoms. The van der Waals surface area contributed by atoms with Gasteiger partial charge in [0, 0.05) is 24.8 Å². The van der Waals surface area contributed by atoms with Crippen LogP contribution in [-0.4, -0.2) is 45.5 Å². The molecule has 1 aromatic rings. The SMILES string of the molecule is Cc1cnc(NCC(C)O)nc1NCC(C)O. The van der Waals surface area contributed by atoms with Crippen LogP contribution in [0.3, 0.4) is 0 Å². The first-order chi connectivity index (χ1) is 7.99. The third-order valence-corrected chi connectivity index (χ3v) is 2.09. The minimum absolute atomic E-state index is 0.402. The topological polar surface area (TPSA) is 90.3 Å². The predicted molar refractivity (Wildman–Crippen MR) is 67.1 cm³/mol. The van der Waals surface area contributed by atoms with E-state index in [9.17, 15) is 5.11 Å². The number of aryl methyl sites for hydroxylation is 1. The number of aromatic nitrogens is 2. The summed E-state index contributed by atoms with van der Waals surface area (Å²) in [4.78, 5) is 8.36. The Hall–Kier alpha value is -1.40. The summed E-state index contributed by atoms with van der Waals surface area (Å²) >= 11 is 0. The molecular formula is C11H20N4O2. The molecule has 0 amide bonds. The Bertz CT molecular complexity index is 355. The molecule has 96 valence electrons. The minimum Gasteiger partial charge on any atom is -0.392 e. The van der Waals surface area contributed by atoms with E-state index in [2.05, 4.69) is 20.6 Å². The largest absolute Gasteiger partial charge is 0.392 e. The van der Waals surface area contributed by atoms with Crippen molar-refractivity contribution in [1.29, 1.82) is 0 Å². The summed E-state index contributed by atoms with van der Waals surface area (Å²) in [7, 11) is 0. The van der Waals surface area contributed by atoms with Crippen molar-refractivity contribution in [2.45, 2.75) is 33.0 Å². The van der Waals surface area contributed by atoms with E-state index in [1.807, 2.05) is 6.92 Å². The molecule has 4 N–H and O–H groups in total. The van der Waals surface area contributed by atoms with Gasteiger partial charge >= 0.3 is 0 Å². The Morgan fingerprint density at radius 3 is 2.35 bits per heavy atom. The van der Waals surface area contributed by atoms with Crippen molar-refractivity contribution >= 4 is 11.8 Å². The lowest BCUT2D eigenvalue weighted by molar-refractivity contribution is 0.208. The minimum atomic E-state index is -0.450. The van der Waals surface area contributed by atoms with Gasteiger partial charge in [-0.1, -0.05) is 0 Å². The number of aliphatic hydroxyl groups excluding tert-OH is 2. The fourth-order valence-electron chi connectivity index (χ4n) is 1.19. The van der Waals surface area contributed by atoms with Gasteiger partial charge in [0.1, 0.15) is 5.82 Å². The summed E-state index contributed by atoms with van der Waals surface area (Å²) in [6.07, 6.45) is 0.814. The van der Waals surface area contributed by atoms with E-state index in [1.54, 1.807) is 20.0 Å². The summed E-state index contributed by atoms with van der Waals surface area (Å²) < 4.78 is 0. The van der Waals surface area contributed by atoms with E-state index < -0.39 is 12.2 Å². The highest BCUT2D eigenvalue weighted by atomic mass is 16.3. The third kappa shape index (κ3) is 4.97. The Morgan fingerprint density at radius 1 is 1.18 bits per heavy atom. The zero-order valence-electron chi connectivity index (χ0n) is 10.4. The second kappa shape index (κ2) is 6.36. The highest BCUT2D eigenvalue weighted by molar-refractivity contribution is 5.46. The van der Waals surface area contributed by atoms with E-state index in [-0.39, 0.29) is 0 Å². The quantitative estimate of drug-likeness (QED) is 0.574. The van der Waals surface area contributed by atoms with Crippen molar-refractivity contribution < 1.29 is 10.2 Å². The maximum Gasteiger partial charge on any atom is 0.224 e. The van der Waals surface area contributed by atoms with Crippen LogP contribution < -0.4 is 10.6 Å². The van der Waals surface area contributed by atoms with Gasteiger partial charge in [-0.05, 0) is 20.8 Å². The molecule has 0 aliphatic heterocycles. The Balaban J connectivity index is 2.65. The molecule has 0 bridgehead atoms. The van der Waals surface area contributed by atoms with E-state index in [0.717, 1.165) is 5.56 Å². The second-order valence-corrected chi connectivity index (χ2v) is 4.19. The van der Waals surface area contributed by atoms with Crippen LogP contribution in [0.15, 0.2) is 6.20 Å². The molecule has 0 saturated carbocycles. The molecule has 0 spiro atoms. The molecule has 6 nitrogen and oxygen atoms in total. The number of anilines is 2. The Kier molecular flexibility index (Phi) is 5.11. The molecular weight excluding hydrogens is 220 g/mol. The standard InChI is InChI=1S/C11H20N4O2/c1-7-4-13-11(14-6-9(3)17)15-10(7)12-5-8(2)16/h4,8-9,16-17H,5-6H2,1-3H3,(H2,12,13,14,15). The van der Waals surface area contributed by atoms with E-state index in [4.69, 9.17) is 5.11 Å². The maximum atomic E-state index is 9.20. The third-order valence-electron chi connectivity index (χ3n) is 2.09. The highest BCUT2D eigenvalue weighted by Gasteiger charge is 2.05. The maximum absolute atomic E-state index is 9.20. The van der Waals surface area contributed by atoms with Crippen LogP contribution >= 0.6 is 0 Å². The van der Waals surface area contributed by atoms with Gasteiger partial charge in [0.25, 0.3) is 0 Å². The van der Waals surface area contributed by atoms with Crippen molar-refractivity contribution in [3.63, 3.8) is 0 Å². The van der Waals surface area contributed by atoms with E-state index in [1.165, 1.54) is 0 Å². The number of rotatable bonds is 6. The molecule has 1 aromatic heterocycles. The van der Waals surface area contributed by atoms with Gasteiger partial charge in [-0.3, -0.25) is 0 Å². The summed E-state index contributed by atoms with van der Waals surface area (Å²) in [6.45, 7) is 6.12. The van der Waals surface area contributed by atoms with Gasteiger partial charge in [0.2, 0.25) is 5.95 Å². The van der Waals surface area contributed by atoms with E-state index >= 15 is 0 Å². The van der Waals surface area contributed by atoms with Crippen LogP contribution in [0.2, 0.25) is 0 Å². The first-order valence-electron chi connectivity index (χ1n) is 5.66. The molecule has 17 heavy (non-hydrogen) atoms. The first kappa shape index (κ1) is 13.7.